The van der Waals surface area contributed by atoms with Crippen LogP contribution in [0.1, 0.15) is 35.8 Å². The Bertz CT molecular complexity index is 673. The van der Waals surface area contributed by atoms with Gasteiger partial charge >= 0.3 is 0 Å². The number of anilines is 2. The second-order valence-corrected chi connectivity index (χ2v) is 5.90. The maximum atomic E-state index is 12.2. The molecule has 1 amide bonds. The average molecular weight is 333 g/mol. The van der Waals surface area contributed by atoms with E-state index in [2.05, 4.69) is 22.4 Å². The number of aromatic nitrogens is 2. The van der Waals surface area contributed by atoms with E-state index in [0.717, 1.165) is 30.6 Å². The highest BCUT2D eigenvalue weighted by Gasteiger charge is 2.13. The van der Waals surface area contributed by atoms with Gasteiger partial charge in [0.25, 0.3) is 5.91 Å². The number of nitrogens with zero attached hydrogens (tertiary/aromatic N) is 3. The van der Waals surface area contributed by atoms with Crippen molar-refractivity contribution in [3.63, 3.8) is 0 Å². The maximum absolute atomic E-state index is 12.2. The molecule has 6 heteroatoms. The molecule has 2 rings (SSSR count). The number of rotatable bonds is 6. The number of nitrogens with one attached hydrogen (secondary N) is 1. The van der Waals surface area contributed by atoms with Crippen LogP contribution < -0.4 is 5.32 Å². The summed E-state index contributed by atoms with van der Waals surface area (Å²) in [5, 5.41) is 11.9. The Morgan fingerprint density at radius 3 is 2.70 bits per heavy atom. The number of carbonyl (C=O) groups is 1. The van der Waals surface area contributed by atoms with Crippen molar-refractivity contribution < 1.29 is 4.79 Å². The number of unbranched alkanes of at least 4 members (excludes halogenated alkanes) is 1. The summed E-state index contributed by atoms with van der Waals surface area (Å²) in [6.07, 6.45) is 2.02. The fourth-order valence-corrected chi connectivity index (χ4v) is 2.24. The van der Waals surface area contributed by atoms with E-state index >= 15 is 0 Å². The van der Waals surface area contributed by atoms with Gasteiger partial charge in [0.15, 0.2) is 11.5 Å². The number of benzene rings is 1. The molecule has 1 aromatic carbocycles. The number of amides is 1. The third kappa shape index (κ3) is 4.66. The molecule has 0 saturated carbocycles. The van der Waals surface area contributed by atoms with Crippen molar-refractivity contribution in [2.24, 2.45) is 0 Å². The van der Waals surface area contributed by atoms with E-state index in [1.807, 2.05) is 25.1 Å². The van der Waals surface area contributed by atoms with E-state index in [4.69, 9.17) is 11.6 Å². The van der Waals surface area contributed by atoms with Crippen LogP contribution in [0.3, 0.4) is 0 Å². The van der Waals surface area contributed by atoms with Crippen molar-refractivity contribution in [2.45, 2.75) is 26.7 Å². The van der Waals surface area contributed by atoms with E-state index in [1.54, 1.807) is 24.1 Å². The Morgan fingerprint density at radius 1 is 1.26 bits per heavy atom. The molecule has 2 aromatic rings. The van der Waals surface area contributed by atoms with E-state index < -0.39 is 0 Å². The number of hydrogen-bond acceptors (Lipinski definition) is 4. The van der Waals surface area contributed by atoms with Crippen molar-refractivity contribution in [3.05, 3.63) is 46.6 Å². The molecule has 0 radical (unpaired) electrons. The first kappa shape index (κ1) is 17.2. The van der Waals surface area contributed by atoms with Gasteiger partial charge in [0, 0.05) is 24.3 Å². The number of aryl methyl sites for hydroxylation is 1. The summed E-state index contributed by atoms with van der Waals surface area (Å²) in [5.41, 5.74) is 2.26. The molecule has 1 aromatic heterocycles. The summed E-state index contributed by atoms with van der Waals surface area (Å²) in [7, 11) is 1.78. The predicted molar refractivity (Wildman–Crippen MR) is 93.4 cm³/mol. The lowest BCUT2D eigenvalue weighted by molar-refractivity contribution is 0.0786. The van der Waals surface area contributed by atoms with Crippen LogP contribution in [0.5, 0.6) is 0 Å². The summed E-state index contributed by atoms with van der Waals surface area (Å²) < 4.78 is 0. The Kier molecular flexibility index (Phi) is 5.93. The zero-order chi connectivity index (χ0) is 16.8. The van der Waals surface area contributed by atoms with Gasteiger partial charge < -0.3 is 10.2 Å². The van der Waals surface area contributed by atoms with Crippen molar-refractivity contribution in [1.82, 2.24) is 15.1 Å². The minimum absolute atomic E-state index is 0.114. The number of carbonyl (C=O) groups excluding carboxylic acids is 1. The van der Waals surface area contributed by atoms with Crippen molar-refractivity contribution in [1.29, 1.82) is 0 Å². The predicted octanol–water partition coefficient (Wildman–Crippen LogP) is 4.05. The number of halogens is 1. The van der Waals surface area contributed by atoms with E-state index in [-0.39, 0.29) is 5.91 Å². The van der Waals surface area contributed by atoms with E-state index in [0.29, 0.717) is 16.5 Å². The van der Waals surface area contributed by atoms with Crippen LogP contribution in [0.25, 0.3) is 0 Å². The minimum Gasteiger partial charge on any atom is -0.340 e. The SMILES string of the molecule is CCCCN(C)C(=O)c1ccc(Nc2cc(Cl)ccc2C)nn1. The van der Waals surface area contributed by atoms with Crippen LogP contribution in [0.4, 0.5) is 11.5 Å². The normalized spacial score (nSPS) is 10.4. The van der Waals surface area contributed by atoms with Crippen LogP contribution in [-0.4, -0.2) is 34.6 Å². The highest BCUT2D eigenvalue weighted by molar-refractivity contribution is 6.30. The largest absolute Gasteiger partial charge is 0.340 e. The van der Waals surface area contributed by atoms with Crippen LogP contribution >= 0.6 is 11.6 Å². The van der Waals surface area contributed by atoms with Gasteiger partial charge in [-0.1, -0.05) is 31.0 Å². The van der Waals surface area contributed by atoms with Gasteiger partial charge in [0.2, 0.25) is 0 Å². The summed E-state index contributed by atoms with van der Waals surface area (Å²) >= 11 is 6.00. The summed E-state index contributed by atoms with van der Waals surface area (Å²) in [6.45, 7) is 4.79. The van der Waals surface area contributed by atoms with E-state index in [9.17, 15) is 4.79 Å². The zero-order valence-corrected chi connectivity index (χ0v) is 14.4. The zero-order valence-electron chi connectivity index (χ0n) is 13.6. The molecule has 0 bridgehead atoms. The monoisotopic (exact) mass is 332 g/mol. The fourth-order valence-electron chi connectivity index (χ4n) is 2.07. The van der Waals surface area contributed by atoms with Gasteiger partial charge in [-0.2, -0.15) is 0 Å². The standard InChI is InChI=1S/C17H21ClN4O/c1-4-5-10-22(3)17(23)14-8-9-16(21-20-14)19-15-11-13(18)7-6-12(15)2/h6-9,11H,4-5,10H2,1-3H3,(H,19,21). The van der Waals surface area contributed by atoms with Gasteiger partial charge in [0.1, 0.15) is 0 Å². The molecular weight excluding hydrogens is 312 g/mol. The molecule has 1 N–H and O–H groups in total. The smallest absolute Gasteiger partial charge is 0.274 e. The third-order valence-corrected chi connectivity index (χ3v) is 3.77. The molecule has 0 saturated heterocycles. The topological polar surface area (TPSA) is 58.1 Å². The number of hydrogen-bond donors (Lipinski definition) is 1. The van der Waals surface area contributed by atoms with Gasteiger partial charge in [0.05, 0.1) is 0 Å². The second kappa shape index (κ2) is 7.92. The van der Waals surface area contributed by atoms with Crippen LogP contribution in [0.15, 0.2) is 30.3 Å². The summed E-state index contributed by atoms with van der Waals surface area (Å²) in [4.78, 5) is 13.9. The first-order valence-electron chi connectivity index (χ1n) is 7.63. The Morgan fingerprint density at radius 2 is 2.04 bits per heavy atom. The molecule has 0 fully saturated rings. The van der Waals surface area contributed by atoms with Gasteiger partial charge in [-0.3, -0.25) is 4.79 Å². The third-order valence-electron chi connectivity index (χ3n) is 3.54. The molecule has 5 nitrogen and oxygen atoms in total. The highest BCUT2D eigenvalue weighted by Crippen LogP contribution is 2.23. The first-order chi connectivity index (χ1) is 11.0. The molecular formula is C17H21ClN4O. The van der Waals surface area contributed by atoms with Crippen molar-refractivity contribution in [3.8, 4) is 0 Å². The van der Waals surface area contributed by atoms with Gasteiger partial charge in [-0.25, -0.2) is 0 Å². The molecule has 0 aliphatic rings. The lowest BCUT2D eigenvalue weighted by Crippen LogP contribution is -2.28. The summed E-state index contributed by atoms with van der Waals surface area (Å²) in [6, 6.07) is 9.02. The van der Waals surface area contributed by atoms with Gasteiger partial charge in [-0.15, -0.1) is 10.2 Å². The highest BCUT2D eigenvalue weighted by atomic mass is 35.5. The molecule has 0 spiro atoms. The van der Waals surface area contributed by atoms with Crippen molar-refractivity contribution >= 4 is 29.0 Å². The van der Waals surface area contributed by atoms with Gasteiger partial charge in [-0.05, 0) is 43.2 Å². The van der Waals surface area contributed by atoms with E-state index in [1.165, 1.54) is 0 Å². The molecule has 1 heterocycles. The Labute approximate surface area is 141 Å². The van der Waals surface area contributed by atoms with Crippen LogP contribution in [-0.2, 0) is 0 Å². The fraction of sp³-hybridized carbons (Fsp3) is 0.353. The molecule has 0 aliphatic heterocycles. The van der Waals surface area contributed by atoms with Crippen LogP contribution in [0, 0.1) is 6.92 Å². The lowest BCUT2D eigenvalue weighted by atomic mass is 10.2. The minimum atomic E-state index is -0.114. The molecule has 0 unspecified atom stereocenters. The van der Waals surface area contributed by atoms with Crippen LogP contribution in [0.2, 0.25) is 5.02 Å². The lowest BCUT2D eigenvalue weighted by Gasteiger charge is -2.16. The summed E-state index contributed by atoms with van der Waals surface area (Å²) in [5.74, 6) is 0.458. The quantitative estimate of drug-likeness (QED) is 0.866. The molecule has 23 heavy (non-hydrogen) atoms. The average Bonchev–Trinajstić information content (AvgIpc) is 2.56. The Balaban J connectivity index is 2.07. The first-order valence-corrected chi connectivity index (χ1v) is 8.01. The van der Waals surface area contributed by atoms with Crippen molar-refractivity contribution in [2.75, 3.05) is 18.9 Å². The second-order valence-electron chi connectivity index (χ2n) is 5.47. The molecule has 122 valence electrons. The maximum Gasteiger partial charge on any atom is 0.274 e. The Hall–Kier alpha value is -2.14. The molecule has 0 atom stereocenters. The molecule has 0 aliphatic carbocycles.